The zero-order valence-corrected chi connectivity index (χ0v) is 17.5. The molecular formula is C21H16ClN3O5S. The minimum absolute atomic E-state index is 0.00749. The largest absolute Gasteiger partial charge is 0.483 e. The number of ketones is 1. The minimum Gasteiger partial charge on any atom is -0.483 e. The molecule has 8 nitrogen and oxygen atoms in total. The maximum absolute atomic E-state index is 12.8. The molecule has 0 unspecified atom stereocenters. The molecule has 3 rings (SSSR count). The molecular weight excluding hydrogens is 442 g/mol. The van der Waals surface area contributed by atoms with Gasteiger partial charge in [0.15, 0.2) is 12.4 Å². The summed E-state index contributed by atoms with van der Waals surface area (Å²) >= 11 is 6.88. The van der Waals surface area contributed by atoms with E-state index in [0.29, 0.717) is 15.5 Å². The van der Waals surface area contributed by atoms with Crippen LogP contribution >= 0.6 is 23.5 Å². The van der Waals surface area contributed by atoms with Crippen molar-refractivity contribution < 1.29 is 19.2 Å². The normalized spacial score (nSPS) is 10.4. The Balaban J connectivity index is 1.76. The molecule has 0 aliphatic carbocycles. The van der Waals surface area contributed by atoms with Gasteiger partial charge in [-0.1, -0.05) is 41.9 Å². The summed E-state index contributed by atoms with van der Waals surface area (Å²) < 4.78 is 5.53. The van der Waals surface area contributed by atoms with Crippen LogP contribution in [-0.2, 0) is 4.79 Å². The van der Waals surface area contributed by atoms with Crippen molar-refractivity contribution in [2.75, 3.05) is 11.9 Å². The van der Waals surface area contributed by atoms with Crippen molar-refractivity contribution in [2.45, 2.75) is 4.90 Å². The first-order valence-corrected chi connectivity index (χ1v) is 10.1. The van der Waals surface area contributed by atoms with Gasteiger partial charge < -0.3 is 10.1 Å². The topological polar surface area (TPSA) is 125 Å². The Bertz CT molecular complexity index is 1140. The third-order valence-electron chi connectivity index (χ3n) is 4.16. The molecule has 0 aliphatic rings. The summed E-state index contributed by atoms with van der Waals surface area (Å²) in [6, 6.07) is 17.2. The molecule has 0 radical (unpaired) electrons. The van der Waals surface area contributed by atoms with Crippen LogP contribution in [0.1, 0.15) is 15.9 Å². The number of carbonyl (C=O) groups is 2. The van der Waals surface area contributed by atoms with E-state index in [1.54, 1.807) is 36.4 Å². The van der Waals surface area contributed by atoms with E-state index in [1.165, 1.54) is 30.3 Å². The first-order chi connectivity index (χ1) is 14.9. The molecule has 158 valence electrons. The van der Waals surface area contributed by atoms with Crippen LogP contribution < -0.4 is 15.2 Å². The second kappa shape index (κ2) is 10.1. The van der Waals surface area contributed by atoms with Gasteiger partial charge in [0.1, 0.15) is 11.4 Å². The van der Waals surface area contributed by atoms with E-state index in [4.69, 9.17) is 21.5 Å². The lowest BCUT2D eigenvalue weighted by Gasteiger charge is -2.12. The van der Waals surface area contributed by atoms with Crippen molar-refractivity contribution in [1.82, 2.24) is 0 Å². The van der Waals surface area contributed by atoms with Gasteiger partial charge in [0, 0.05) is 21.5 Å². The Morgan fingerprint density at radius 2 is 1.84 bits per heavy atom. The number of halogens is 1. The first-order valence-electron chi connectivity index (χ1n) is 8.86. The smallest absolute Gasteiger partial charge is 0.293 e. The predicted octanol–water partition coefficient (Wildman–Crippen LogP) is 4.46. The van der Waals surface area contributed by atoms with E-state index in [0.717, 1.165) is 11.9 Å². The lowest BCUT2D eigenvalue weighted by Crippen LogP contribution is -2.21. The number of anilines is 1. The highest BCUT2D eigenvalue weighted by molar-refractivity contribution is 7.97. The average molecular weight is 458 g/mol. The molecule has 0 fully saturated rings. The standard InChI is InChI=1S/C21H16ClN3O5S/c22-14-6-9-19(16(10-14)21(27)13-4-2-1-3-5-13)30-12-20(26)24-17-8-7-15(31-23)11-18(17)25(28)29/h1-11H,12,23H2,(H,24,26). The summed E-state index contributed by atoms with van der Waals surface area (Å²) in [5.41, 5.74) is 0.345. The lowest BCUT2D eigenvalue weighted by molar-refractivity contribution is -0.384. The lowest BCUT2D eigenvalue weighted by atomic mass is 10.0. The average Bonchev–Trinajstić information content (AvgIpc) is 2.78. The Morgan fingerprint density at radius 1 is 1.10 bits per heavy atom. The monoisotopic (exact) mass is 457 g/mol. The first kappa shape index (κ1) is 22.3. The summed E-state index contributed by atoms with van der Waals surface area (Å²) in [7, 11) is 0. The number of nitro groups is 1. The fourth-order valence-corrected chi connectivity index (χ4v) is 3.22. The molecule has 0 saturated heterocycles. The van der Waals surface area contributed by atoms with Gasteiger partial charge in [0.2, 0.25) is 0 Å². The van der Waals surface area contributed by atoms with Gasteiger partial charge >= 0.3 is 0 Å². The van der Waals surface area contributed by atoms with E-state index in [1.807, 2.05) is 0 Å². The quantitative estimate of drug-likeness (QED) is 0.221. The van der Waals surface area contributed by atoms with Gasteiger partial charge in [-0.05, 0) is 42.3 Å². The second-order valence-electron chi connectivity index (χ2n) is 6.23. The van der Waals surface area contributed by atoms with Gasteiger partial charge in [0.25, 0.3) is 11.6 Å². The second-order valence-corrected chi connectivity index (χ2v) is 7.37. The van der Waals surface area contributed by atoms with Crippen molar-refractivity contribution >= 4 is 46.6 Å². The van der Waals surface area contributed by atoms with Gasteiger partial charge in [-0.2, -0.15) is 0 Å². The number of benzene rings is 3. The molecule has 31 heavy (non-hydrogen) atoms. The maximum Gasteiger partial charge on any atom is 0.293 e. The van der Waals surface area contributed by atoms with Crippen molar-refractivity contribution in [1.29, 1.82) is 0 Å². The fraction of sp³-hybridized carbons (Fsp3) is 0.0476. The van der Waals surface area contributed by atoms with Crippen LogP contribution in [0.25, 0.3) is 0 Å². The number of carbonyl (C=O) groups excluding carboxylic acids is 2. The van der Waals surface area contributed by atoms with Crippen LogP contribution in [0.4, 0.5) is 11.4 Å². The summed E-state index contributed by atoms with van der Waals surface area (Å²) in [5.74, 6) is -0.786. The number of amides is 1. The number of rotatable bonds is 8. The molecule has 3 aromatic rings. The fourth-order valence-electron chi connectivity index (χ4n) is 2.72. The van der Waals surface area contributed by atoms with E-state index in [2.05, 4.69) is 5.32 Å². The van der Waals surface area contributed by atoms with E-state index < -0.39 is 17.4 Å². The number of nitrogens with one attached hydrogen (secondary N) is 1. The highest BCUT2D eigenvalue weighted by atomic mass is 35.5. The summed E-state index contributed by atoms with van der Waals surface area (Å²) in [5, 5.41) is 19.5. The number of nitro benzene ring substituents is 1. The molecule has 1 amide bonds. The van der Waals surface area contributed by atoms with E-state index >= 15 is 0 Å². The van der Waals surface area contributed by atoms with Crippen molar-refractivity contribution in [3.05, 3.63) is 93.0 Å². The summed E-state index contributed by atoms with van der Waals surface area (Å²) in [4.78, 5) is 36.3. The number of hydrogen-bond donors (Lipinski definition) is 2. The number of hydrogen-bond acceptors (Lipinski definition) is 7. The molecule has 0 heterocycles. The van der Waals surface area contributed by atoms with Crippen LogP contribution in [-0.4, -0.2) is 23.2 Å². The highest BCUT2D eigenvalue weighted by Gasteiger charge is 2.19. The van der Waals surface area contributed by atoms with Crippen LogP contribution in [0.2, 0.25) is 5.02 Å². The van der Waals surface area contributed by atoms with Crippen molar-refractivity contribution in [2.24, 2.45) is 5.14 Å². The van der Waals surface area contributed by atoms with Crippen LogP contribution in [0, 0.1) is 10.1 Å². The molecule has 0 saturated carbocycles. The molecule has 0 aromatic heterocycles. The van der Waals surface area contributed by atoms with E-state index in [9.17, 15) is 19.7 Å². The predicted molar refractivity (Wildman–Crippen MR) is 119 cm³/mol. The Morgan fingerprint density at radius 3 is 2.52 bits per heavy atom. The van der Waals surface area contributed by atoms with Gasteiger partial charge in [-0.15, -0.1) is 0 Å². The van der Waals surface area contributed by atoms with Gasteiger partial charge in [-0.25, -0.2) is 0 Å². The van der Waals surface area contributed by atoms with Gasteiger partial charge in [0.05, 0.1) is 10.5 Å². The molecule has 0 atom stereocenters. The molecule has 0 spiro atoms. The zero-order valence-electron chi connectivity index (χ0n) is 15.9. The van der Waals surface area contributed by atoms with Crippen LogP contribution in [0.15, 0.2) is 71.6 Å². The Labute approximate surface area is 186 Å². The van der Waals surface area contributed by atoms with E-state index in [-0.39, 0.29) is 28.5 Å². The zero-order chi connectivity index (χ0) is 22.4. The summed E-state index contributed by atoms with van der Waals surface area (Å²) in [6.07, 6.45) is 0. The highest BCUT2D eigenvalue weighted by Crippen LogP contribution is 2.29. The Hall–Kier alpha value is -3.40. The van der Waals surface area contributed by atoms with Crippen molar-refractivity contribution in [3.8, 4) is 5.75 Å². The third-order valence-corrected chi connectivity index (χ3v) is 4.92. The van der Waals surface area contributed by atoms with Crippen molar-refractivity contribution in [3.63, 3.8) is 0 Å². The number of nitrogens with zero attached hydrogens (tertiary/aromatic N) is 1. The molecule has 0 aliphatic heterocycles. The van der Waals surface area contributed by atoms with Crippen LogP contribution in [0.5, 0.6) is 5.75 Å². The Kier molecular flexibility index (Phi) is 7.24. The van der Waals surface area contributed by atoms with Gasteiger partial charge in [-0.3, -0.25) is 24.8 Å². The molecule has 10 heteroatoms. The number of ether oxygens (including phenoxy) is 1. The number of nitrogens with two attached hydrogens (primary N) is 1. The van der Waals surface area contributed by atoms with Crippen LogP contribution in [0.3, 0.4) is 0 Å². The summed E-state index contributed by atoms with van der Waals surface area (Å²) in [6.45, 7) is -0.471. The maximum atomic E-state index is 12.8. The molecule has 3 aromatic carbocycles. The minimum atomic E-state index is -0.635. The molecule has 3 N–H and O–H groups in total. The molecule has 0 bridgehead atoms. The third kappa shape index (κ3) is 5.60. The SMILES string of the molecule is NSc1ccc(NC(=O)COc2ccc(Cl)cc2C(=O)c2ccccc2)c([N+](=O)[O-])c1.